The van der Waals surface area contributed by atoms with E-state index in [1.54, 1.807) is 13.8 Å². The second-order valence-corrected chi connectivity index (χ2v) is 10.4. The Hall–Kier alpha value is -2.02. The molecule has 3 nitrogen and oxygen atoms in total. The SMILES string of the molecule is CC(C)=C/C=C(\C)C(F)(F)F.CC(C)c1c(-c2ccc(Cl)cc2Cl)c2c(n1C)C(CC=O)CCC2.CO. The van der Waals surface area contributed by atoms with Gasteiger partial charge in [-0.15, -0.1) is 0 Å². The molecule has 2 aromatic rings. The predicted octanol–water partition coefficient (Wildman–Crippen LogP) is 9.20. The highest BCUT2D eigenvalue weighted by atomic mass is 35.5. The highest BCUT2D eigenvalue weighted by Gasteiger charge is 2.31. The Kier molecular flexibility index (Phi) is 13.2. The number of fused-ring (bicyclic) bond motifs is 1. The van der Waals surface area contributed by atoms with Gasteiger partial charge in [0.1, 0.15) is 6.29 Å². The van der Waals surface area contributed by atoms with Gasteiger partial charge in [-0.2, -0.15) is 13.2 Å². The van der Waals surface area contributed by atoms with Gasteiger partial charge in [0.15, 0.2) is 0 Å². The number of alkyl halides is 3. The molecule has 0 saturated carbocycles. The van der Waals surface area contributed by atoms with E-state index in [1.165, 1.54) is 28.6 Å². The van der Waals surface area contributed by atoms with Crippen LogP contribution in [-0.4, -0.2) is 29.2 Å². The Morgan fingerprint density at radius 2 is 1.78 bits per heavy atom. The molecule has 1 N–H and O–H groups in total. The van der Waals surface area contributed by atoms with Gasteiger partial charge < -0.3 is 14.5 Å². The second-order valence-electron chi connectivity index (χ2n) is 9.54. The molecule has 0 saturated heterocycles. The zero-order valence-corrected chi connectivity index (χ0v) is 24.2. The number of hydrogen-bond acceptors (Lipinski definition) is 2. The predicted molar refractivity (Wildman–Crippen MR) is 149 cm³/mol. The lowest BCUT2D eigenvalue weighted by molar-refractivity contribution is -0.108. The third-order valence-corrected chi connectivity index (χ3v) is 6.75. The van der Waals surface area contributed by atoms with Crippen molar-refractivity contribution in [1.82, 2.24) is 4.57 Å². The molecule has 1 aliphatic carbocycles. The van der Waals surface area contributed by atoms with Crippen molar-refractivity contribution < 1.29 is 23.1 Å². The number of aliphatic hydroxyl groups excluding tert-OH is 1. The number of carbonyl (C=O) groups is 1. The number of aromatic nitrogens is 1. The van der Waals surface area contributed by atoms with Crippen molar-refractivity contribution >= 4 is 29.5 Å². The summed E-state index contributed by atoms with van der Waals surface area (Å²) in [5.74, 6) is 0.688. The fourth-order valence-corrected chi connectivity index (χ4v) is 5.12. The molecule has 37 heavy (non-hydrogen) atoms. The summed E-state index contributed by atoms with van der Waals surface area (Å²) in [5.41, 5.74) is 6.56. The standard InChI is InChI=1S/C20H23Cl2NO.C8H11F3.CH4O/c1-12(2)19-18(15-8-7-14(21)11-17(15)22)16-6-4-5-13(9-10-24)20(16)23(19)3;1-6(2)4-5-7(3)8(9,10)11;1-2/h7-8,10-13H,4-6,9H2,1-3H3;4-5H,1-3H3;2H,1H3/b;7-5+;. The minimum absolute atomic E-state index is 0.313. The molecule has 1 aromatic carbocycles. The maximum absolute atomic E-state index is 11.8. The number of hydrogen-bond donors (Lipinski definition) is 1. The van der Waals surface area contributed by atoms with E-state index >= 15 is 0 Å². The van der Waals surface area contributed by atoms with Crippen LogP contribution < -0.4 is 0 Å². The molecule has 1 aromatic heterocycles. The van der Waals surface area contributed by atoms with Crippen LogP contribution in [0.4, 0.5) is 13.2 Å². The number of halogens is 5. The molecule has 1 unspecified atom stereocenters. The third-order valence-electron chi connectivity index (χ3n) is 6.20. The molecule has 1 heterocycles. The van der Waals surface area contributed by atoms with Crippen molar-refractivity contribution in [3.05, 3.63) is 68.5 Å². The van der Waals surface area contributed by atoms with Crippen LogP contribution in [0.15, 0.2) is 41.5 Å². The first-order valence-electron chi connectivity index (χ1n) is 12.2. The molecular weight excluding hydrogens is 522 g/mol. The van der Waals surface area contributed by atoms with Crippen molar-refractivity contribution in [1.29, 1.82) is 0 Å². The number of rotatable bonds is 5. The van der Waals surface area contributed by atoms with Crippen LogP contribution in [-0.2, 0) is 18.3 Å². The maximum atomic E-state index is 11.8. The number of carbonyl (C=O) groups excluding carboxylic acids is 1. The van der Waals surface area contributed by atoms with Crippen LogP contribution in [0.2, 0.25) is 10.0 Å². The van der Waals surface area contributed by atoms with Crippen LogP contribution in [0.3, 0.4) is 0 Å². The number of benzene rings is 1. The van der Waals surface area contributed by atoms with Gasteiger partial charge in [0.25, 0.3) is 0 Å². The van der Waals surface area contributed by atoms with E-state index in [-0.39, 0.29) is 0 Å². The van der Waals surface area contributed by atoms with Gasteiger partial charge in [-0.3, -0.25) is 0 Å². The number of aldehydes is 1. The van der Waals surface area contributed by atoms with Crippen LogP contribution in [0.25, 0.3) is 11.1 Å². The normalized spacial score (nSPS) is 15.2. The lowest BCUT2D eigenvalue weighted by Gasteiger charge is -2.23. The molecule has 3 rings (SSSR count). The molecule has 1 atom stereocenters. The summed E-state index contributed by atoms with van der Waals surface area (Å²) in [6.45, 7) is 8.98. The van der Waals surface area contributed by atoms with E-state index in [0.29, 0.717) is 28.3 Å². The minimum Gasteiger partial charge on any atom is -0.400 e. The first-order valence-corrected chi connectivity index (χ1v) is 13.0. The molecule has 0 aliphatic heterocycles. The second kappa shape index (κ2) is 14.8. The summed E-state index contributed by atoms with van der Waals surface area (Å²) in [7, 11) is 3.13. The molecule has 0 fully saturated rings. The molecule has 0 radical (unpaired) electrons. The highest BCUT2D eigenvalue weighted by molar-refractivity contribution is 6.36. The zero-order valence-electron chi connectivity index (χ0n) is 22.6. The van der Waals surface area contributed by atoms with Crippen LogP contribution in [0, 0.1) is 0 Å². The average Bonchev–Trinajstić information content (AvgIpc) is 3.12. The Labute approximate surface area is 229 Å². The molecule has 206 valence electrons. The fraction of sp³-hybridized carbons (Fsp3) is 0.483. The van der Waals surface area contributed by atoms with E-state index in [2.05, 4.69) is 25.5 Å². The molecule has 0 bridgehead atoms. The first-order chi connectivity index (χ1) is 17.3. The number of aliphatic hydroxyl groups is 1. The zero-order chi connectivity index (χ0) is 28.5. The maximum Gasteiger partial charge on any atom is 0.412 e. The van der Waals surface area contributed by atoms with Gasteiger partial charge in [0, 0.05) is 64.6 Å². The van der Waals surface area contributed by atoms with Gasteiger partial charge >= 0.3 is 6.18 Å². The van der Waals surface area contributed by atoms with Gasteiger partial charge in [-0.25, -0.2) is 0 Å². The summed E-state index contributed by atoms with van der Waals surface area (Å²) >= 11 is 12.6. The molecule has 8 heteroatoms. The van der Waals surface area contributed by atoms with E-state index in [9.17, 15) is 18.0 Å². The van der Waals surface area contributed by atoms with Crippen molar-refractivity contribution in [2.75, 3.05) is 7.11 Å². The lowest BCUT2D eigenvalue weighted by atomic mass is 9.83. The van der Waals surface area contributed by atoms with Crippen LogP contribution >= 0.6 is 23.2 Å². The molecule has 0 amide bonds. The summed E-state index contributed by atoms with van der Waals surface area (Å²) < 4.78 is 37.7. The van der Waals surface area contributed by atoms with Crippen LogP contribution in [0.1, 0.15) is 82.7 Å². The van der Waals surface area contributed by atoms with Crippen molar-refractivity contribution in [2.24, 2.45) is 7.05 Å². The smallest absolute Gasteiger partial charge is 0.400 e. The average molecular weight is 561 g/mol. The largest absolute Gasteiger partial charge is 0.412 e. The lowest BCUT2D eigenvalue weighted by Crippen LogP contribution is -2.14. The molecular formula is C29H38Cl2F3NO2. The Morgan fingerprint density at radius 1 is 1.16 bits per heavy atom. The Balaban J connectivity index is 0.000000446. The van der Waals surface area contributed by atoms with E-state index in [0.717, 1.165) is 56.8 Å². The van der Waals surface area contributed by atoms with Gasteiger partial charge in [-0.05, 0) is 63.6 Å². The molecule has 0 spiro atoms. The number of allylic oxidation sites excluding steroid dienone is 4. The summed E-state index contributed by atoms with van der Waals surface area (Å²) in [6, 6.07) is 5.74. The minimum atomic E-state index is -4.19. The van der Waals surface area contributed by atoms with Gasteiger partial charge in [0.05, 0.1) is 0 Å². The monoisotopic (exact) mass is 559 g/mol. The van der Waals surface area contributed by atoms with E-state index in [1.807, 2.05) is 18.2 Å². The van der Waals surface area contributed by atoms with Gasteiger partial charge in [0.2, 0.25) is 0 Å². The van der Waals surface area contributed by atoms with Crippen molar-refractivity contribution in [3.63, 3.8) is 0 Å². The highest BCUT2D eigenvalue weighted by Crippen LogP contribution is 2.46. The fourth-order valence-electron chi connectivity index (χ4n) is 4.62. The Morgan fingerprint density at radius 3 is 2.27 bits per heavy atom. The first kappa shape index (κ1) is 33.0. The van der Waals surface area contributed by atoms with Crippen molar-refractivity contribution in [2.45, 2.75) is 78.3 Å². The summed E-state index contributed by atoms with van der Waals surface area (Å²) in [4.78, 5) is 11.1. The topological polar surface area (TPSA) is 42.2 Å². The van der Waals surface area contributed by atoms with Gasteiger partial charge in [-0.1, -0.05) is 60.8 Å². The van der Waals surface area contributed by atoms with Crippen LogP contribution in [0.5, 0.6) is 0 Å². The van der Waals surface area contributed by atoms with Crippen molar-refractivity contribution in [3.8, 4) is 11.1 Å². The molecule has 1 aliphatic rings. The summed E-state index contributed by atoms with van der Waals surface area (Å²) in [6.07, 6.45) is 3.22. The quantitative estimate of drug-likeness (QED) is 0.293. The van der Waals surface area contributed by atoms with E-state index < -0.39 is 11.7 Å². The van der Waals surface area contributed by atoms with E-state index in [4.69, 9.17) is 28.3 Å². The Bertz CT molecular complexity index is 1110. The number of nitrogens with zero attached hydrogens (tertiary/aromatic N) is 1. The summed E-state index contributed by atoms with van der Waals surface area (Å²) in [5, 5.41) is 8.34. The third kappa shape index (κ3) is 8.76.